The quantitative estimate of drug-likeness (QED) is 0.754. The SMILES string of the molecule is C[C@H](N=C1NS(=O)(=O)c2ccccc21)C(=O)NC1(c2ccc(Br)cc2)CC1. The molecule has 2 aliphatic rings. The average molecular weight is 448 g/mol. The van der Waals surface area contributed by atoms with Gasteiger partial charge in [0.25, 0.3) is 10.0 Å². The van der Waals surface area contributed by atoms with Crippen molar-refractivity contribution in [1.29, 1.82) is 0 Å². The molecule has 1 fully saturated rings. The predicted molar refractivity (Wildman–Crippen MR) is 106 cm³/mol. The van der Waals surface area contributed by atoms with E-state index in [-0.39, 0.29) is 22.2 Å². The van der Waals surface area contributed by atoms with Crippen molar-refractivity contribution in [3.8, 4) is 0 Å². The lowest BCUT2D eigenvalue weighted by atomic mass is 10.0. The molecule has 1 atom stereocenters. The largest absolute Gasteiger partial charge is 0.345 e. The molecule has 1 heterocycles. The molecule has 6 nitrogen and oxygen atoms in total. The summed E-state index contributed by atoms with van der Waals surface area (Å²) in [6, 6.07) is 13.8. The van der Waals surface area contributed by atoms with Crippen molar-refractivity contribution in [1.82, 2.24) is 10.0 Å². The molecule has 0 saturated heterocycles. The van der Waals surface area contributed by atoms with Crippen molar-refractivity contribution >= 4 is 37.7 Å². The first-order valence-corrected chi connectivity index (χ1v) is 10.9. The zero-order valence-corrected chi connectivity index (χ0v) is 17.0. The highest BCUT2D eigenvalue weighted by Gasteiger charge is 2.46. The number of carbonyl (C=O) groups excluding carboxylic acids is 1. The molecule has 8 heteroatoms. The second kappa shape index (κ2) is 6.45. The third-order valence-corrected chi connectivity index (χ3v) is 6.80. The molecule has 1 aliphatic heterocycles. The molecule has 27 heavy (non-hydrogen) atoms. The summed E-state index contributed by atoms with van der Waals surface area (Å²) in [6.45, 7) is 1.66. The Morgan fingerprint density at radius 2 is 1.85 bits per heavy atom. The van der Waals surface area contributed by atoms with E-state index in [4.69, 9.17) is 0 Å². The van der Waals surface area contributed by atoms with E-state index in [1.807, 2.05) is 24.3 Å². The van der Waals surface area contributed by atoms with Crippen LogP contribution in [0.1, 0.15) is 30.9 Å². The molecule has 0 unspecified atom stereocenters. The molecular formula is C19H18BrN3O3S. The van der Waals surface area contributed by atoms with E-state index in [0.29, 0.717) is 5.56 Å². The number of nitrogens with one attached hydrogen (secondary N) is 2. The molecule has 0 bridgehead atoms. The summed E-state index contributed by atoms with van der Waals surface area (Å²) in [5.41, 5.74) is 1.20. The summed E-state index contributed by atoms with van der Waals surface area (Å²) in [4.78, 5) is 17.2. The Morgan fingerprint density at radius 1 is 1.19 bits per heavy atom. The number of rotatable bonds is 4. The molecule has 4 rings (SSSR count). The van der Waals surface area contributed by atoms with E-state index in [1.54, 1.807) is 25.1 Å². The topological polar surface area (TPSA) is 87.6 Å². The van der Waals surface area contributed by atoms with E-state index in [2.05, 4.69) is 31.0 Å². The number of fused-ring (bicyclic) bond motifs is 1. The van der Waals surface area contributed by atoms with Gasteiger partial charge in [0, 0.05) is 10.0 Å². The highest BCUT2D eigenvalue weighted by Crippen LogP contribution is 2.45. The molecule has 2 aromatic carbocycles. The highest BCUT2D eigenvalue weighted by atomic mass is 79.9. The molecule has 2 N–H and O–H groups in total. The maximum atomic E-state index is 12.7. The minimum Gasteiger partial charge on any atom is -0.345 e. The zero-order chi connectivity index (χ0) is 19.2. The molecule has 0 aromatic heterocycles. The second-order valence-corrected chi connectivity index (χ2v) is 9.40. The van der Waals surface area contributed by atoms with Gasteiger partial charge in [-0.15, -0.1) is 0 Å². The van der Waals surface area contributed by atoms with Gasteiger partial charge in [-0.05, 0) is 49.6 Å². The van der Waals surface area contributed by atoms with Crippen LogP contribution in [-0.2, 0) is 20.4 Å². The van der Waals surface area contributed by atoms with E-state index in [0.717, 1.165) is 22.9 Å². The number of amides is 1. The van der Waals surface area contributed by atoms with Crippen molar-refractivity contribution in [2.24, 2.45) is 4.99 Å². The maximum absolute atomic E-state index is 12.7. The fourth-order valence-corrected chi connectivity index (χ4v) is 4.71. The number of amidine groups is 1. The van der Waals surface area contributed by atoms with Crippen molar-refractivity contribution in [3.63, 3.8) is 0 Å². The number of hydrogen-bond acceptors (Lipinski definition) is 4. The van der Waals surface area contributed by atoms with Crippen molar-refractivity contribution in [2.45, 2.75) is 36.2 Å². The van der Waals surface area contributed by atoms with Gasteiger partial charge < -0.3 is 5.32 Å². The fourth-order valence-electron chi connectivity index (χ4n) is 3.20. The van der Waals surface area contributed by atoms with Crippen LogP contribution in [0.15, 0.2) is 62.9 Å². The van der Waals surface area contributed by atoms with E-state index in [1.165, 1.54) is 6.07 Å². The molecule has 1 aliphatic carbocycles. The summed E-state index contributed by atoms with van der Waals surface area (Å²) in [5.74, 6) is -0.0202. The summed E-state index contributed by atoms with van der Waals surface area (Å²) >= 11 is 3.42. The van der Waals surface area contributed by atoms with Gasteiger partial charge in [-0.2, -0.15) is 0 Å². The normalized spacial score (nSPS) is 21.2. The number of halogens is 1. The Kier molecular flexibility index (Phi) is 4.35. The number of sulfonamides is 1. The van der Waals surface area contributed by atoms with Gasteiger partial charge in [0.1, 0.15) is 11.9 Å². The Hall–Kier alpha value is -2.19. The Bertz CT molecular complexity index is 1040. The highest BCUT2D eigenvalue weighted by molar-refractivity contribution is 9.10. The van der Waals surface area contributed by atoms with Gasteiger partial charge in [0.05, 0.1) is 10.4 Å². The molecule has 2 aromatic rings. The third kappa shape index (κ3) is 3.39. The monoisotopic (exact) mass is 447 g/mol. The molecule has 1 saturated carbocycles. The molecule has 0 radical (unpaired) electrons. The lowest BCUT2D eigenvalue weighted by Crippen LogP contribution is -2.40. The van der Waals surface area contributed by atoms with E-state index in [9.17, 15) is 13.2 Å². The smallest absolute Gasteiger partial charge is 0.263 e. The zero-order valence-electron chi connectivity index (χ0n) is 14.6. The summed E-state index contributed by atoms with van der Waals surface area (Å²) in [5, 5.41) is 3.08. The first kappa shape index (κ1) is 18.2. The van der Waals surface area contributed by atoms with Crippen LogP contribution in [-0.4, -0.2) is 26.2 Å². The Labute approximate surface area is 166 Å². The summed E-state index contributed by atoms with van der Waals surface area (Å²) < 4.78 is 27.8. The molecular weight excluding hydrogens is 430 g/mol. The first-order chi connectivity index (χ1) is 12.8. The summed E-state index contributed by atoms with van der Waals surface area (Å²) in [7, 11) is -3.61. The number of benzene rings is 2. The third-order valence-electron chi connectivity index (χ3n) is 4.87. The first-order valence-electron chi connectivity index (χ1n) is 8.59. The van der Waals surface area contributed by atoms with Crippen LogP contribution in [0.4, 0.5) is 0 Å². The van der Waals surface area contributed by atoms with Crippen molar-refractivity contribution in [3.05, 3.63) is 64.1 Å². The Balaban J connectivity index is 1.54. The molecule has 0 spiro atoms. The van der Waals surface area contributed by atoms with Crippen LogP contribution in [0, 0.1) is 0 Å². The molecule has 1 amide bonds. The Morgan fingerprint density at radius 3 is 2.52 bits per heavy atom. The number of carbonyl (C=O) groups is 1. The molecule has 140 valence electrons. The van der Waals surface area contributed by atoms with Crippen molar-refractivity contribution < 1.29 is 13.2 Å². The van der Waals surface area contributed by atoms with Crippen molar-refractivity contribution in [2.75, 3.05) is 0 Å². The fraction of sp³-hybridized carbons (Fsp3) is 0.263. The van der Waals surface area contributed by atoms with E-state index >= 15 is 0 Å². The number of nitrogens with zero attached hydrogens (tertiary/aromatic N) is 1. The second-order valence-electron chi connectivity index (χ2n) is 6.83. The standard InChI is InChI=1S/C19H18BrN3O3S/c1-12(21-17-15-4-2-3-5-16(15)27(25,26)23-17)18(24)22-19(10-11-19)13-6-8-14(20)9-7-13/h2-9,12H,10-11H2,1H3,(H,21,23)(H,22,24)/t12-/m0/s1. The number of aliphatic imine (C=N–C) groups is 1. The number of hydrogen-bond donors (Lipinski definition) is 2. The predicted octanol–water partition coefficient (Wildman–Crippen LogP) is 2.68. The lowest BCUT2D eigenvalue weighted by molar-refractivity contribution is -0.123. The van der Waals surface area contributed by atoms with Crippen LogP contribution >= 0.6 is 15.9 Å². The minimum absolute atomic E-state index is 0.185. The van der Waals surface area contributed by atoms with Gasteiger partial charge >= 0.3 is 0 Å². The van der Waals surface area contributed by atoms with Gasteiger partial charge in [0.15, 0.2) is 0 Å². The van der Waals surface area contributed by atoms with Gasteiger partial charge in [0.2, 0.25) is 5.91 Å². The van der Waals surface area contributed by atoms with Gasteiger partial charge in [-0.25, -0.2) is 8.42 Å². The van der Waals surface area contributed by atoms with Gasteiger partial charge in [-0.3, -0.25) is 14.5 Å². The summed E-state index contributed by atoms with van der Waals surface area (Å²) in [6.07, 6.45) is 1.75. The average Bonchev–Trinajstić information content (AvgIpc) is 3.36. The van der Waals surface area contributed by atoms with Crippen LogP contribution in [0.5, 0.6) is 0 Å². The van der Waals surface area contributed by atoms with Crippen LogP contribution in [0.25, 0.3) is 0 Å². The maximum Gasteiger partial charge on any atom is 0.263 e. The van der Waals surface area contributed by atoms with Crippen LogP contribution in [0.2, 0.25) is 0 Å². The van der Waals surface area contributed by atoms with Crippen LogP contribution in [0.3, 0.4) is 0 Å². The van der Waals surface area contributed by atoms with Crippen LogP contribution < -0.4 is 10.0 Å². The minimum atomic E-state index is -3.61. The van der Waals surface area contributed by atoms with E-state index < -0.39 is 16.1 Å². The van der Waals surface area contributed by atoms with Gasteiger partial charge in [-0.1, -0.05) is 40.2 Å². The lowest BCUT2D eigenvalue weighted by Gasteiger charge is -2.20.